The molecule has 102 valence electrons. The van der Waals surface area contributed by atoms with Crippen molar-refractivity contribution in [3.05, 3.63) is 23.8 Å². The second-order valence-electron chi connectivity index (χ2n) is 4.98. The highest BCUT2D eigenvalue weighted by atomic mass is 16.7. The Bertz CT molecular complexity index is 470. The summed E-state index contributed by atoms with van der Waals surface area (Å²) in [6.07, 6.45) is 2.56. The van der Waals surface area contributed by atoms with Crippen LogP contribution in [0.4, 0.5) is 0 Å². The lowest BCUT2D eigenvalue weighted by atomic mass is 10.1. The molecule has 1 atom stereocenters. The van der Waals surface area contributed by atoms with Crippen molar-refractivity contribution in [3.63, 3.8) is 0 Å². The molecule has 1 unspecified atom stereocenters. The normalized spacial score (nSPS) is 21.2. The number of amides is 1. The molecule has 2 N–H and O–H groups in total. The number of rotatable bonds is 3. The maximum atomic E-state index is 12.0. The number of hydrogen-bond acceptors (Lipinski definition) is 4. The quantitative estimate of drug-likeness (QED) is 0.847. The highest BCUT2D eigenvalue weighted by molar-refractivity contribution is 5.79. The zero-order chi connectivity index (χ0) is 13.1. The van der Waals surface area contributed by atoms with Gasteiger partial charge < -0.3 is 20.1 Å². The van der Waals surface area contributed by atoms with Gasteiger partial charge in [-0.05, 0) is 37.1 Å². The van der Waals surface area contributed by atoms with Crippen molar-refractivity contribution in [2.24, 2.45) is 0 Å². The Morgan fingerprint density at radius 1 is 1.37 bits per heavy atom. The van der Waals surface area contributed by atoms with Crippen molar-refractivity contribution >= 4 is 5.91 Å². The third-order valence-electron chi connectivity index (χ3n) is 3.46. The molecule has 2 aliphatic heterocycles. The molecule has 3 rings (SSSR count). The molecule has 0 spiro atoms. The summed E-state index contributed by atoms with van der Waals surface area (Å²) in [5.74, 6) is 1.54. The minimum Gasteiger partial charge on any atom is -0.454 e. The molecule has 1 amide bonds. The summed E-state index contributed by atoms with van der Waals surface area (Å²) in [6.45, 7) is 2.18. The van der Waals surface area contributed by atoms with Crippen LogP contribution in [0, 0.1) is 0 Å². The average molecular weight is 262 g/mol. The number of benzene rings is 1. The third kappa shape index (κ3) is 2.98. The predicted molar refractivity (Wildman–Crippen MR) is 70.3 cm³/mol. The molecule has 0 saturated carbocycles. The van der Waals surface area contributed by atoms with Gasteiger partial charge in [-0.2, -0.15) is 0 Å². The van der Waals surface area contributed by atoms with Crippen LogP contribution in [0.15, 0.2) is 18.2 Å². The van der Waals surface area contributed by atoms with E-state index in [-0.39, 0.29) is 18.7 Å². The van der Waals surface area contributed by atoms with Crippen LogP contribution in [0.1, 0.15) is 18.4 Å². The smallest absolute Gasteiger partial charge is 0.231 e. The van der Waals surface area contributed by atoms with E-state index in [2.05, 4.69) is 10.6 Å². The second-order valence-corrected chi connectivity index (χ2v) is 4.98. The largest absolute Gasteiger partial charge is 0.454 e. The first-order chi connectivity index (χ1) is 9.31. The van der Waals surface area contributed by atoms with Gasteiger partial charge in [-0.3, -0.25) is 4.79 Å². The van der Waals surface area contributed by atoms with Crippen LogP contribution < -0.4 is 20.1 Å². The average Bonchev–Trinajstić information content (AvgIpc) is 2.87. The molecule has 2 heterocycles. The minimum atomic E-state index is 0.0626. The first kappa shape index (κ1) is 12.3. The lowest BCUT2D eigenvalue weighted by Gasteiger charge is -2.23. The van der Waals surface area contributed by atoms with E-state index in [1.165, 1.54) is 0 Å². The molecule has 1 aromatic rings. The lowest BCUT2D eigenvalue weighted by Crippen LogP contribution is -2.46. The van der Waals surface area contributed by atoms with Crippen LogP contribution in [-0.4, -0.2) is 31.8 Å². The Balaban J connectivity index is 1.56. The highest BCUT2D eigenvalue weighted by Crippen LogP contribution is 2.32. The number of hydrogen-bond donors (Lipinski definition) is 2. The zero-order valence-electron chi connectivity index (χ0n) is 10.8. The van der Waals surface area contributed by atoms with E-state index in [1.807, 2.05) is 18.2 Å². The van der Waals surface area contributed by atoms with Gasteiger partial charge in [-0.1, -0.05) is 6.07 Å². The predicted octanol–water partition coefficient (Wildman–Crippen LogP) is 0.826. The summed E-state index contributed by atoms with van der Waals surface area (Å²) in [5.41, 5.74) is 0.950. The fourth-order valence-electron chi connectivity index (χ4n) is 2.49. The SMILES string of the molecule is O=C(Cc1ccc2c(c1)OCO2)NC1CCCNC1. The van der Waals surface area contributed by atoms with Crippen LogP contribution >= 0.6 is 0 Å². The summed E-state index contributed by atoms with van der Waals surface area (Å²) >= 11 is 0. The molecule has 0 bridgehead atoms. The second kappa shape index (κ2) is 5.48. The molecule has 1 saturated heterocycles. The Morgan fingerprint density at radius 3 is 3.11 bits per heavy atom. The summed E-state index contributed by atoms with van der Waals surface area (Å²) in [4.78, 5) is 12.0. The van der Waals surface area contributed by atoms with Crippen LogP contribution in [0.2, 0.25) is 0 Å². The minimum absolute atomic E-state index is 0.0626. The third-order valence-corrected chi connectivity index (χ3v) is 3.46. The molecule has 1 fully saturated rings. The maximum Gasteiger partial charge on any atom is 0.231 e. The number of ether oxygens (including phenoxy) is 2. The van der Waals surface area contributed by atoms with Crippen LogP contribution in [0.25, 0.3) is 0 Å². The fraction of sp³-hybridized carbons (Fsp3) is 0.500. The van der Waals surface area contributed by atoms with E-state index < -0.39 is 0 Å². The van der Waals surface area contributed by atoms with Crippen molar-refractivity contribution in [1.29, 1.82) is 0 Å². The first-order valence-corrected chi connectivity index (χ1v) is 6.70. The van der Waals surface area contributed by atoms with E-state index in [0.717, 1.165) is 43.0 Å². The Labute approximate surface area is 112 Å². The molecule has 19 heavy (non-hydrogen) atoms. The van der Waals surface area contributed by atoms with Gasteiger partial charge in [0.1, 0.15) is 0 Å². The van der Waals surface area contributed by atoms with Crippen molar-refractivity contribution in [1.82, 2.24) is 10.6 Å². The number of carbonyl (C=O) groups excluding carboxylic acids is 1. The topological polar surface area (TPSA) is 59.6 Å². The van der Waals surface area contributed by atoms with Crippen LogP contribution in [0.3, 0.4) is 0 Å². The molecular weight excluding hydrogens is 244 g/mol. The molecule has 0 radical (unpaired) electrons. The van der Waals surface area contributed by atoms with Gasteiger partial charge in [0.05, 0.1) is 6.42 Å². The lowest BCUT2D eigenvalue weighted by molar-refractivity contribution is -0.121. The highest BCUT2D eigenvalue weighted by Gasteiger charge is 2.17. The molecule has 0 aliphatic carbocycles. The zero-order valence-corrected chi connectivity index (χ0v) is 10.8. The van der Waals surface area contributed by atoms with Crippen LogP contribution in [-0.2, 0) is 11.2 Å². The first-order valence-electron chi connectivity index (χ1n) is 6.70. The van der Waals surface area contributed by atoms with Gasteiger partial charge in [0.2, 0.25) is 12.7 Å². The van der Waals surface area contributed by atoms with Crippen molar-refractivity contribution in [3.8, 4) is 11.5 Å². The molecular formula is C14H18N2O3. The van der Waals surface area contributed by atoms with Gasteiger partial charge in [0, 0.05) is 12.6 Å². The monoisotopic (exact) mass is 262 g/mol. The number of carbonyl (C=O) groups is 1. The summed E-state index contributed by atoms with van der Waals surface area (Å²) < 4.78 is 10.6. The van der Waals surface area contributed by atoms with E-state index in [1.54, 1.807) is 0 Å². The molecule has 5 nitrogen and oxygen atoms in total. The van der Waals surface area contributed by atoms with Gasteiger partial charge in [-0.25, -0.2) is 0 Å². The molecule has 2 aliphatic rings. The Morgan fingerprint density at radius 2 is 2.26 bits per heavy atom. The number of fused-ring (bicyclic) bond motifs is 1. The Kier molecular flexibility index (Phi) is 3.55. The van der Waals surface area contributed by atoms with Gasteiger partial charge >= 0.3 is 0 Å². The molecule has 5 heteroatoms. The number of nitrogens with one attached hydrogen (secondary N) is 2. The van der Waals surface area contributed by atoms with Gasteiger partial charge in [0.25, 0.3) is 0 Å². The van der Waals surface area contributed by atoms with E-state index in [0.29, 0.717) is 6.42 Å². The summed E-state index contributed by atoms with van der Waals surface area (Å²) in [7, 11) is 0. The fourth-order valence-corrected chi connectivity index (χ4v) is 2.49. The summed E-state index contributed by atoms with van der Waals surface area (Å²) in [6, 6.07) is 5.90. The van der Waals surface area contributed by atoms with E-state index in [9.17, 15) is 4.79 Å². The van der Waals surface area contributed by atoms with E-state index in [4.69, 9.17) is 9.47 Å². The van der Waals surface area contributed by atoms with Crippen LogP contribution in [0.5, 0.6) is 11.5 Å². The van der Waals surface area contributed by atoms with Gasteiger partial charge in [0.15, 0.2) is 11.5 Å². The van der Waals surface area contributed by atoms with Crippen molar-refractivity contribution < 1.29 is 14.3 Å². The van der Waals surface area contributed by atoms with Crippen molar-refractivity contribution in [2.45, 2.75) is 25.3 Å². The molecule has 1 aromatic carbocycles. The maximum absolute atomic E-state index is 12.0. The summed E-state index contributed by atoms with van der Waals surface area (Å²) in [5, 5.41) is 6.35. The van der Waals surface area contributed by atoms with Gasteiger partial charge in [-0.15, -0.1) is 0 Å². The Hall–Kier alpha value is -1.75. The number of piperidine rings is 1. The van der Waals surface area contributed by atoms with E-state index >= 15 is 0 Å². The standard InChI is InChI=1S/C14H18N2O3/c17-14(16-11-2-1-5-15-8-11)7-10-3-4-12-13(6-10)19-9-18-12/h3-4,6,11,15H,1-2,5,7-9H2,(H,16,17). The molecule has 0 aromatic heterocycles. The van der Waals surface area contributed by atoms with Crippen molar-refractivity contribution in [2.75, 3.05) is 19.9 Å².